The topological polar surface area (TPSA) is 90.2 Å². The molecule has 0 bridgehead atoms. The summed E-state index contributed by atoms with van der Waals surface area (Å²) in [7, 11) is 0. The van der Waals surface area contributed by atoms with Crippen LogP contribution in [-0.4, -0.2) is 27.4 Å². The number of hydrogen-bond donors (Lipinski definition) is 2. The Morgan fingerprint density at radius 3 is 2.62 bits per heavy atom. The van der Waals surface area contributed by atoms with Crippen molar-refractivity contribution in [2.75, 3.05) is 10.4 Å². The zero-order valence-electron chi connectivity index (χ0n) is 13.9. The molecule has 1 aromatic heterocycles. The maximum absolute atomic E-state index is 12.7. The van der Waals surface area contributed by atoms with Gasteiger partial charge in [-0.3, -0.25) is 10.2 Å². The number of nitrogens with one attached hydrogen (secondary N) is 1. The predicted octanol–water partition coefficient (Wildman–Crippen LogP) is 3.13. The third-order valence-electron chi connectivity index (χ3n) is 3.95. The maximum atomic E-state index is 12.7. The molecule has 1 aliphatic rings. The second-order valence-corrected chi connectivity index (χ2v) is 5.78. The van der Waals surface area contributed by atoms with Crippen molar-refractivity contribution >= 4 is 39.7 Å². The molecule has 0 atom stereocenters. The van der Waals surface area contributed by atoms with E-state index in [0.29, 0.717) is 17.2 Å². The van der Waals surface area contributed by atoms with Gasteiger partial charge in [0.05, 0.1) is 16.9 Å². The van der Waals surface area contributed by atoms with Crippen LogP contribution in [0.15, 0.2) is 70.9 Å². The normalized spacial score (nSPS) is 15.6. The van der Waals surface area contributed by atoms with Crippen LogP contribution < -0.4 is 10.4 Å². The fourth-order valence-corrected chi connectivity index (χ4v) is 2.61. The first-order valence-corrected chi connectivity index (χ1v) is 8.00. The van der Waals surface area contributed by atoms with E-state index in [2.05, 4.69) is 20.6 Å². The Balaban J connectivity index is 1.60. The van der Waals surface area contributed by atoms with E-state index in [-0.39, 0.29) is 17.4 Å². The molecule has 4 rings (SSSR count). The van der Waals surface area contributed by atoms with Gasteiger partial charge in [0.25, 0.3) is 0 Å². The number of benzene rings is 2. The van der Waals surface area contributed by atoms with E-state index in [1.54, 1.807) is 25.1 Å². The number of rotatable bonds is 3. The number of fused-ring (bicyclic) bond motifs is 1. The van der Waals surface area contributed by atoms with E-state index in [9.17, 15) is 9.90 Å². The van der Waals surface area contributed by atoms with E-state index in [1.165, 1.54) is 17.1 Å². The van der Waals surface area contributed by atoms with Crippen molar-refractivity contribution in [2.24, 2.45) is 10.2 Å². The minimum atomic E-state index is -0.350. The summed E-state index contributed by atoms with van der Waals surface area (Å²) in [5.41, 5.74) is 4.96. The molecule has 3 aromatic rings. The molecule has 0 saturated carbocycles. The van der Waals surface area contributed by atoms with E-state index in [0.717, 1.165) is 10.9 Å². The molecule has 128 valence electrons. The van der Waals surface area contributed by atoms with Gasteiger partial charge in [0.2, 0.25) is 0 Å². The van der Waals surface area contributed by atoms with Crippen LogP contribution in [0.25, 0.3) is 10.9 Å². The number of para-hydroxylation sites is 1. The molecule has 1 amide bonds. The number of pyridine rings is 1. The number of phenols is 1. The molecule has 0 aliphatic carbocycles. The van der Waals surface area contributed by atoms with Crippen LogP contribution in [0.3, 0.4) is 0 Å². The molecule has 0 radical (unpaired) electrons. The van der Waals surface area contributed by atoms with Crippen molar-refractivity contribution in [2.45, 2.75) is 6.92 Å². The van der Waals surface area contributed by atoms with Gasteiger partial charge in [-0.25, -0.2) is 4.98 Å². The Morgan fingerprint density at radius 1 is 1.04 bits per heavy atom. The molecule has 7 heteroatoms. The quantitative estimate of drug-likeness (QED) is 0.564. The molecule has 0 spiro atoms. The van der Waals surface area contributed by atoms with E-state index < -0.39 is 0 Å². The SMILES string of the molecule is CC1=NN(c2ccc3ccccc3n2)C(=O)/C1=N\Nc1ccc(O)cc1. The molecule has 0 saturated heterocycles. The van der Waals surface area contributed by atoms with Crippen LogP contribution in [0.5, 0.6) is 5.75 Å². The lowest BCUT2D eigenvalue weighted by molar-refractivity contribution is -0.112. The maximum Gasteiger partial charge on any atom is 0.302 e. The van der Waals surface area contributed by atoms with Crippen LogP contribution in [0.1, 0.15) is 6.92 Å². The summed E-state index contributed by atoms with van der Waals surface area (Å²) in [6, 6.07) is 17.7. The molecule has 1 aliphatic heterocycles. The van der Waals surface area contributed by atoms with Gasteiger partial charge in [-0.1, -0.05) is 18.2 Å². The van der Waals surface area contributed by atoms with Crippen molar-refractivity contribution in [3.8, 4) is 5.75 Å². The van der Waals surface area contributed by atoms with Crippen LogP contribution in [0.4, 0.5) is 11.5 Å². The van der Waals surface area contributed by atoms with Crippen LogP contribution in [0, 0.1) is 0 Å². The predicted molar refractivity (Wildman–Crippen MR) is 102 cm³/mol. The Bertz CT molecular complexity index is 1060. The molecule has 26 heavy (non-hydrogen) atoms. The molecule has 2 heterocycles. The van der Waals surface area contributed by atoms with E-state index >= 15 is 0 Å². The lowest BCUT2D eigenvalue weighted by atomic mass is 10.2. The van der Waals surface area contributed by atoms with Crippen molar-refractivity contribution in [1.82, 2.24) is 4.98 Å². The van der Waals surface area contributed by atoms with Crippen LogP contribution in [-0.2, 0) is 4.79 Å². The Kier molecular flexibility index (Phi) is 3.81. The third kappa shape index (κ3) is 2.86. The lowest BCUT2D eigenvalue weighted by Crippen LogP contribution is -2.28. The summed E-state index contributed by atoms with van der Waals surface area (Å²) in [5, 5.41) is 20.0. The summed E-state index contributed by atoms with van der Waals surface area (Å²) in [5.74, 6) is 0.255. The molecule has 0 fully saturated rings. The first-order chi connectivity index (χ1) is 12.6. The van der Waals surface area contributed by atoms with Crippen LogP contribution in [0.2, 0.25) is 0 Å². The van der Waals surface area contributed by atoms with Gasteiger partial charge in [-0.2, -0.15) is 15.2 Å². The fourth-order valence-electron chi connectivity index (χ4n) is 2.61. The Hall–Kier alpha value is -3.74. The first-order valence-electron chi connectivity index (χ1n) is 8.00. The number of amides is 1. The minimum Gasteiger partial charge on any atom is -0.508 e. The number of hydrogen-bond acceptors (Lipinski definition) is 6. The lowest BCUT2D eigenvalue weighted by Gasteiger charge is -2.11. The number of aromatic nitrogens is 1. The molecule has 7 nitrogen and oxygen atoms in total. The van der Waals surface area contributed by atoms with Gasteiger partial charge < -0.3 is 5.11 Å². The zero-order valence-corrected chi connectivity index (χ0v) is 13.9. The number of phenolic OH excluding ortho intramolecular Hbond substituents is 1. The molecular weight excluding hydrogens is 330 g/mol. The number of carbonyl (C=O) groups is 1. The van der Waals surface area contributed by atoms with Crippen molar-refractivity contribution in [3.05, 3.63) is 60.7 Å². The summed E-state index contributed by atoms with van der Waals surface area (Å²) in [6.07, 6.45) is 0. The monoisotopic (exact) mass is 345 g/mol. The van der Waals surface area contributed by atoms with Gasteiger partial charge in [0, 0.05) is 5.39 Å². The van der Waals surface area contributed by atoms with Gasteiger partial charge in [-0.15, -0.1) is 0 Å². The van der Waals surface area contributed by atoms with Gasteiger partial charge in [0.15, 0.2) is 11.5 Å². The third-order valence-corrected chi connectivity index (χ3v) is 3.95. The van der Waals surface area contributed by atoms with Crippen molar-refractivity contribution in [3.63, 3.8) is 0 Å². The number of nitrogens with zero attached hydrogens (tertiary/aromatic N) is 4. The summed E-state index contributed by atoms with van der Waals surface area (Å²) >= 11 is 0. The first kappa shape index (κ1) is 15.8. The Morgan fingerprint density at radius 2 is 1.81 bits per heavy atom. The highest BCUT2D eigenvalue weighted by Crippen LogP contribution is 2.21. The van der Waals surface area contributed by atoms with Gasteiger partial charge in [-0.05, 0) is 49.4 Å². The average molecular weight is 345 g/mol. The van der Waals surface area contributed by atoms with Gasteiger partial charge >= 0.3 is 5.91 Å². The van der Waals surface area contributed by atoms with Crippen LogP contribution >= 0.6 is 0 Å². The molecule has 0 unspecified atom stereocenters. The standard InChI is InChI=1S/C19H15N5O2/c1-12-18(22-21-14-7-9-15(25)10-8-14)19(26)24(23-12)17-11-6-13-4-2-3-5-16(13)20-17/h2-11,21,25H,1H3/b22-18-. The molecule has 2 N–H and O–H groups in total. The molecule has 2 aromatic carbocycles. The molecular formula is C19H15N5O2. The minimum absolute atomic E-state index is 0.159. The summed E-state index contributed by atoms with van der Waals surface area (Å²) in [6.45, 7) is 1.72. The number of carbonyl (C=O) groups excluding carboxylic acids is 1. The highest BCUT2D eigenvalue weighted by atomic mass is 16.3. The summed E-state index contributed by atoms with van der Waals surface area (Å²) < 4.78 is 0. The second-order valence-electron chi connectivity index (χ2n) is 5.78. The number of anilines is 2. The van der Waals surface area contributed by atoms with Gasteiger partial charge in [0.1, 0.15) is 5.75 Å². The van der Waals surface area contributed by atoms with E-state index in [1.807, 2.05) is 30.3 Å². The van der Waals surface area contributed by atoms with Crippen molar-refractivity contribution in [1.29, 1.82) is 0 Å². The largest absolute Gasteiger partial charge is 0.508 e. The zero-order chi connectivity index (χ0) is 18.1. The highest BCUT2D eigenvalue weighted by Gasteiger charge is 2.31. The fraction of sp³-hybridized carbons (Fsp3) is 0.0526. The van der Waals surface area contributed by atoms with Crippen molar-refractivity contribution < 1.29 is 9.90 Å². The number of aromatic hydroxyl groups is 1. The van der Waals surface area contributed by atoms with E-state index in [4.69, 9.17) is 0 Å². The average Bonchev–Trinajstić information content (AvgIpc) is 2.95. The summed E-state index contributed by atoms with van der Waals surface area (Å²) in [4.78, 5) is 17.2. The Labute approximate surface area is 149 Å². The highest BCUT2D eigenvalue weighted by molar-refractivity contribution is 6.71. The smallest absolute Gasteiger partial charge is 0.302 e. The number of hydrazone groups is 2. The second kappa shape index (κ2) is 6.29.